The molecule has 1 aliphatic carbocycles. The van der Waals surface area contributed by atoms with Gasteiger partial charge in [0.2, 0.25) is 0 Å². The van der Waals surface area contributed by atoms with Crippen LogP contribution in [0.25, 0.3) is 0 Å². The Labute approximate surface area is 163 Å². The van der Waals surface area contributed by atoms with Gasteiger partial charge in [0.15, 0.2) is 0 Å². The van der Waals surface area contributed by atoms with Crippen molar-refractivity contribution in [3.05, 3.63) is 48.0 Å². The summed E-state index contributed by atoms with van der Waals surface area (Å²) in [6, 6.07) is 3.28. The van der Waals surface area contributed by atoms with E-state index >= 15 is 0 Å². The van der Waals surface area contributed by atoms with Gasteiger partial charge in [0, 0.05) is 31.4 Å². The highest BCUT2D eigenvalue weighted by Gasteiger charge is 2.23. The number of sulfonamides is 1. The van der Waals surface area contributed by atoms with Crippen LogP contribution >= 0.6 is 27.3 Å². The smallest absolute Gasteiger partial charge is 0.297 e. The molecule has 26 heavy (non-hydrogen) atoms. The number of nitrogens with one attached hydrogen (secondary N) is 1. The number of nitrogens with zero attached hydrogens (tertiary/aromatic N) is 2. The standard InChI is InChI=1S/C16H20BrN3O4S2/c1-19(26(23,24)14-8-7-13(17)25-14)9-4-10-20-12-6-3-2-5-11(12)15(21)18-16(20)22/h7-8H,2-6,9-10H2,1H3,(H,18,21,22). The van der Waals surface area contributed by atoms with Crippen molar-refractivity contribution in [2.75, 3.05) is 13.6 Å². The second-order valence-corrected chi connectivity index (χ2v) is 11.0. The molecule has 0 atom stereocenters. The van der Waals surface area contributed by atoms with Crippen molar-refractivity contribution in [1.29, 1.82) is 0 Å². The van der Waals surface area contributed by atoms with Gasteiger partial charge in [-0.1, -0.05) is 0 Å². The van der Waals surface area contributed by atoms with Crippen LogP contribution in [0.4, 0.5) is 0 Å². The van der Waals surface area contributed by atoms with E-state index in [4.69, 9.17) is 0 Å². The average molecular weight is 462 g/mol. The number of fused-ring (bicyclic) bond motifs is 1. The van der Waals surface area contributed by atoms with Gasteiger partial charge in [-0.3, -0.25) is 14.3 Å². The van der Waals surface area contributed by atoms with Crippen LogP contribution < -0.4 is 11.2 Å². The lowest BCUT2D eigenvalue weighted by atomic mass is 9.97. The van der Waals surface area contributed by atoms with Crippen LogP contribution in [0.2, 0.25) is 0 Å². The Hall–Kier alpha value is -1.23. The topological polar surface area (TPSA) is 92.2 Å². The molecule has 0 aromatic carbocycles. The minimum atomic E-state index is -3.53. The van der Waals surface area contributed by atoms with Gasteiger partial charge in [0.25, 0.3) is 15.6 Å². The molecule has 3 rings (SSSR count). The molecule has 0 unspecified atom stereocenters. The third kappa shape index (κ3) is 3.88. The van der Waals surface area contributed by atoms with Gasteiger partial charge in [0.1, 0.15) is 4.21 Å². The fourth-order valence-electron chi connectivity index (χ4n) is 3.19. The summed E-state index contributed by atoms with van der Waals surface area (Å²) in [7, 11) is -1.99. The molecule has 1 N–H and O–H groups in total. The Balaban J connectivity index is 1.72. The number of thiophene rings is 1. The zero-order valence-corrected chi connectivity index (χ0v) is 17.5. The lowest BCUT2D eigenvalue weighted by Crippen LogP contribution is -2.37. The molecular formula is C16H20BrN3O4S2. The number of halogens is 1. The van der Waals surface area contributed by atoms with Gasteiger partial charge in [0.05, 0.1) is 3.79 Å². The highest BCUT2D eigenvalue weighted by atomic mass is 79.9. The first-order valence-electron chi connectivity index (χ1n) is 8.37. The first-order valence-corrected chi connectivity index (χ1v) is 11.4. The molecule has 0 saturated carbocycles. The molecule has 0 amide bonds. The molecule has 142 valence electrons. The number of hydrogen-bond acceptors (Lipinski definition) is 5. The fourth-order valence-corrected chi connectivity index (χ4v) is 6.62. The van der Waals surface area contributed by atoms with E-state index in [2.05, 4.69) is 20.9 Å². The van der Waals surface area contributed by atoms with Crippen molar-refractivity contribution in [2.45, 2.75) is 42.9 Å². The molecule has 1 aliphatic rings. The normalized spacial score (nSPS) is 14.6. The highest BCUT2D eigenvalue weighted by molar-refractivity contribution is 9.11. The fraction of sp³-hybridized carbons (Fsp3) is 0.500. The molecule has 0 saturated heterocycles. The summed E-state index contributed by atoms with van der Waals surface area (Å²) in [5, 5.41) is 0. The minimum Gasteiger partial charge on any atom is -0.297 e. The summed E-state index contributed by atoms with van der Waals surface area (Å²) in [6.45, 7) is 0.671. The number of aromatic amines is 1. The maximum Gasteiger partial charge on any atom is 0.328 e. The molecular weight excluding hydrogens is 442 g/mol. The lowest BCUT2D eigenvalue weighted by molar-refractivity contribution is 0.437. The Bertz CT molecular complexity index is 1020. The third-order valence-corrected chi connectivity index (χ3v) is 8.52. The minimum absolute atomic E-state index is 0.283. The van der Waals surface area contributed by atoms with Crippen LogP contribution in [0.15, 0.2) is 29.7 Å². The predicted molar refractivity (Wildman–Crippen MR) is 104 cm³/mol. The van der Waals surface area contributed by atoms with Crippen LogP contribution in [0.5, 0.6) is 0 Å². The zero-order valence-electron chi connectivity index (χ0n) is 14.3. The van der Waals surface area contributed by atoms with Crippen LogP contribution in [0.1, 0.15) is 30.5 Å². The van der Waals surface area contributed by atoms with Gasteiger partial charge >= 0.3 is 5.69 Å². The molecule has 0 aliphatic heterocycles. The number of rotatable bonds is 6. The SMILES string of the molecule is CN(CCCn1c2c(c(=O)[nH]c1=O)CCCC2)S(=O)(=O)c1ccc(Br)s1. The van der Waals surface area contributed by atoms with Crippen molar-refractivity contribution >= 4 is 37.3 Å². The van der Waals surface area contributed by atoms with Gasteiger partial charge < -0.3 is 0 Å². The van der Waals surface area contributed by atoms with Crippen LogP contribution in [-0.4, -0.2) is 35.9 Å². The van der Waals surface area contributed by atoms with Gasteiger partial charge in [-0.2, -0.15) is 0 Å². The van der Waals surface area contributed by atoms with E-state index in [0.29, 0.717) is 31.4 Å². The lowest BCUT2D eigenvalue weighted by Gasteiger charge is -2.21. The molecule has 10 heteroatoms. The van der Waals surface area contributed by atoms with E-state index in [0.717, 1.165) is 22.3 Å². The van der Waals surface area contributed by atoms with E-state index in [9.17, 15) is 18.0 Å². The Morgan fingerprint density at radius 1 is 1.27 bits per heavy atom. The molecule has 0 radical (unpaired) electrons. The summed E-state index contributed by atoms with van der Waals surface area (Å²) < 4.78 is 29.0. The number of hydrogen-bond donors (Lipinski definition) is 1. The molecule has 0 spiro atoms. The average Bonchev–Trinajstić information content (AvgIpc) is 3.05. The highest BCUT2D eigenvalue weighted by Crippen LogP contribution is 2.28. The third-order valence-electron chi connectivity index (χ3n) is 4.57. The van der Waals surface area contributed by atoms with Crippen molar-refractivity contribution < 1.29 is 8.42 Å². The molecule has 2 heterocycles. The Morgan fingerprint density at radius 3 is 2.69 bits per heavy atom. The van der Waals surface area contributed by atoms with Crippen molar-refractivity contribution in [1.82, 2.24) is 13.9 Å². The van der Waals surface area contributed by atoms with E-state index in [1.807, 2.05) is 0 Å². The Morgan fingerprint density at radius 2 is 2.00 bits per heavy atom. The molecule has 7 nitrogen and oxygen atoms in total. The quantitative estimate of drug-likeness (QED) is 0.711. The van der Waals surface area contributed by atoms with E-state index < -0.39 is 15.7 Å². The van der Waals surface area contributed by atoms with E-state index in [1.165, 1.54) is 22.7 Å². The van der Waals surface area contributed by atoms with E-state index in [1.54, 1.807) is 16.7 Å². The molecule has 2 aromatic rings. The summed E-state index contributed by atoms with van der Waals surface area (Å²) in [5.74, 6) is 0. The van der Waals surface area contributed by atoms with E-state index in [-0.39, 0.29) is 16.3 Å². The van der Waals surface area contributed by atoms with Gasteiger partial charge in [-0.05, 0) is 60.2 Å². The van der Waals surface area contributed by atoms with Crippen LogP contribution in [0.3, 0.4) is 0 Å². The molecule has 0 bridgehead atoms. The largest absolute Gasteiger partial charge is 0.328 e. The summed E-state index contributed by atoms with van der Waals surface area (Å²) in [4.78, 5) is 26.5. The van der Waals surface area contributed by atoms with Crippen molar-refractivity contribution in [3.63, 3.8) is 0 Å². The number of aromatic nitrogens is 2. The first-order chi connectivity index (χ1) is 12.3. The number of H-pyrrole nitrogens is 1. The molecule has 2 aromatic heterocycles. The van der Waals surface area contributed by atoms with Gasteiger partial charge in [-0.15, -0.1) is 11.3 Å². The second kappa shape index (κ2) is 7.79. The van der Waals surface area contributed by atoms with Crippen molar-refractivity contribution in [2.24, 2.45) is 0 Å². The van der Waals surface area contributed by atoms with Crippen LogP contribution in [0, 0.1) is 0 Å². The monoisotopic (exact) mass is 461 g/mol. The van der Waals surface area contributed by atoms with Crippen molar-refractivity contribution in [3.8, 4) is 0 Å². The molecule has 0 fully saturated rings. The second-order valence-electron chi connectivity index (χ2n) is 6.28. The first kappa shape index (κ1) is 19.5. The summed E-state index contributed by atoms with van der Waals surface area (Å²) in [5.41, 5.74) is 0.797. The maximum atomic E-state index is 12.5. The zero-order chi connectivity index (χ0) is 18.9. The predicted octanol–water partition coefficient (Wildman–Crippen LogP) is 1.95. The van der Waals surface area contributed by atoms with Crippen LogP contribution in [-0.2, 0) is 29.4 Å². The summed E-state index contributed by atoms with van der Waals surface area (Å²) in [6.07, 6.45) is 3.79. The maximum absolute atomic E-state index is 12.5. The summed E-state index contributed by atoms with van der Waals surface area (Å²) >= 11 is 4.44. The van der Waals surface area contributed by atoms with Gasteiger partial charge in [-0.25, -0.2) is 17.5 Å². The Kier molecular flexibility index (Phi) is 5.85.